The summed E-state index contributed by atoms with van der Waals surface area (Å²) in [6, 6.07) is 13.0. The van der Waals surface area contributed by atoms with Crippen molar-refractivity contribution in [2.45, 2.75) is 50.8 Å². The maximum atomic E-state index is 13.7. The molecule has 2 aromatic carbocycles. The number of amides is 1. The number of nitrogens with one attached hydrogen (secondary N) is 2. The number of aryl methyl sites for hydroxylation is 1. The third-order valence-electron chi connectivity index (χ3n) is 6.04. The lowest BCUT2D eigenvalue weighted by Crippen LogP contribution is -2.51. The topological polar surface area (TPSA) is 151 Å². The minimum absolute atomic E-state index is 0.0249. The number of rotatable bonds is 12. The molecular formula is C27H33N5O6S. The Kier molecular flexibility index (Phi) is 9.00. The summed E-state index contributed by atoms with van der Waals surface area (Å²) in [4.78, 5) is 23.6. The SMILES string of the molecule is Cc1nc2ccc(S(=O)(=O)N(CC(C)C)C[C@@H](O)[C@H](Cc3ccccc3)NC(=O)OCc3cnc[nH]3)cc2o1. The van der Waals surface area contributed by atoms with Crippen LogP contribution >= 0.6 is 0 Å². The molecule has 0 saturated carbocycles. The Labute approximate surface area is 227 Å². The van der Waals surface area contributed by atoms with Gasteiger partial charge in [-0.1, -0.05) is 44.2 Å². The molecular weight excluding hydrogens is 522 g/mol. The monoisotopic (exact) mass is 555 g/mol. The fourth-order valence-corrected chi connectivity index (χ4v) is 5.83. The number of aromatic amines is 1. The van der Waals surface area contributed by atoms with E-state index in [1.807, 2.05) is 44.2 Å². The highest BCUT2D eigenvalue weighted by Crippen LogP contribution is 2.24. The number of aliphatic hydroxyl groups excluding tert-OH is 1. The van der Waals surface area contributed by atoms with Crippen LogP contribution in [0.4, 0.5) is 4.79 Å². The van der Waals surface area contributed by atoms with Gasteiger partial charge in [-0.05, 0) is 30.0 Å². The summed E-state index contributed by atoms with van der Waals surface area (Å²) in [7, 11) is -4.02. The first kappa shape index (κ1) is 28.3. The quantitative estimate of drug-likeness (QED) is 0.241. The third kappa shape index (κ3) is 7.43. The molecule has 0 aliphatic rings. The second-order valence-electron chi connectivity index (χ2n) is 9.74. The zero-order valence-electron chi connectivity index (χ0n) is 22.1. The minimum atomic E-state index is -4.02. The molecule has 208 valence electrons. The fourth-order valence-electron chi connectivity index (χ4n) is 4.19. The largest absolute Gasteiger partial charge is 0.443 e. The van der Waals surface area contributed by atoms with Gasteiger partial charge in [0.1, 0.15) is 12.1 Å². The van der Waals surface area contributed by atoms with E-state index >= 15 is 0 Å². The van der Waals surface area contributed by atoms with Crippen LogP contribution in [0, 0.1) is 12.8 Å². The molecule has 39 heavy (non-hydrogen) atoms. The van der Waals surface area contributed by atoms with Gasteiger partial charge in [0.2, 0.25) is 10.0 Å². The molecule has 12 heteroatoms. The highest BCUT2D eigenvalue weighted by molar-refractivity contribution is 7.89. The Balaban J connectivity index is 1.55. The number of ether oxygens (including phenoxy) is 1. The van der Waals surface area contributed by atoms with E-state index in [1.165, 1.54) is 29.0 Å². The number of oxazole rings is 1. The standard InChI is InChI=1S/C27H33N5O6S/c1-18(2)14-32(39(35,36)22-9-10-23-26(12-22)38-19(3)30-23)15-25(33)24(11-20-7-5-4-6-8-20)31-27(34)37-16-21-13-28-17-29-21/h4-10,12-13,17-18,24-25,33H,11,14-16H2,1-3H3,(H,28,29)(H,31,34)/t24-,25+/m0/s1. The van der Waals surface area contributed by atoms with Gasteiger partial charge >= 0.3 is 6.09 Å². The summed E-state index contributed by atoms with van der Waals surface area (Å²) in [5, 5.41) is 14.0. The number of H-pyrrole nitrogens is 1. The number of carbonyl (C=O) groups excluding carboxylic acids is 1. The van der Waals surface area contributed by atoms with Crippen molar-refractivity contribution >= 4 is 27.2 Å². The van der Waals surface area contributed by atoms with E-state index in [-0.39, 0.29) is 36.9 Å². The highest BCUT2D eigenvalue weighted by atomic mass is 32.2. The molecule has 4 rings (SSSR count). The van der Waals surface area contributed by atoms with Gasteiger partial charge in [0.05, 0.1) is 35.3 Å². The van der Waals surface area contributed by atoms with Crippen molar-refractivity contribution in [3.05, 3.63) is 78.2 Å². The Morgan fingerprint density at radius 2 is 1.95 bits per heavy atom. The number of sulfonamides is 1. The molecule has 2 atom stereocenters. The van der Waals surface area contributed by atoms with Gasteiger partial charge in [-0.2, -0.15) is 4.31 Å². The van der Waals surface area contributed by atoms with Crippen molar-refractivity contribution in [2.75, 3.05) is 13.1 Å². The number of alkyl carbamates (subject to hydrolysis) is 1. The highest BCUT2D eigenvalue weighted by Gasteiger charge is 2.32. The number of aromatic nitrogens is 3. The van der Waals surface area contributed by atoms with Crippen LogP contribution in [0.3, 0.4) is 0 Å². The lowest BCUT2D eigenvalue weighted by molar-refractivity contribution is 0.0870. The number of fused-ring (bicyclic) bond motifs is 1. The average Bonchev–Trinajstić information content (AvgIpc) is 3.55. The summed E-state index contributed by atoms with van der Waals surface area (Å²) in [6.07, 6.45) is 1.29. The van der Waals surface area contributed by atoms with Crippen molar-refractivity contribution in [3.8, 4) is 0 Å². The van der Waals surface area contributed by atoms with Crippen LogP contribution in [0.2, 0.25) is 0 Å². The summed E-state index contributed by atoms with van der Waals surface area (Å²) in [5.41, 5.74) is 2.39. The van der Waals surface area contributed by atoms with Crippen LogP contribution in [0.5, 0.6) is 0 Å². The number of carbonyl (C=O) groups is 1. The van der Waals surface area contributed by atoms with Crippen molar-refractivity contribution in [3.63, 3.8) is 0 Å². The first-order valence-electron chi connectivity index (χ1n) is 12.6. The lowest BCUT2D eigenvalue weighted by Gasteiger charge is -2.30. The zero-order chi connectivity index (χ0) is 28.0. The first-order valence-corrected chi connectivity index (χ1v) is 14.1. The van der Waals surface area contributed by atoms with Crippen molar-refractivity contribution in [1.82, 2.24) is 24.6 Å². The van der Waals surface area contributed by atoms with Crippen LogP contribution in [-0.4, -0.2) is 64.1 Å². The lowest BCUT2D eigenvalue weighted by atomic mass is 10.0. The Morgan fingerprint density at radius 1 is 1.18 bits per heavy atom. The summed E-state index contributed by atoms with van der Waals surface area (Å²) >= 11 is 0. The van der Waals surface area contributed by atoms with E-state index in [9.17, 15) is 18.3 Å². The maximum absolute atomic E-state index is 13.7. The molecule has 0 fully saturated rings. The van der Waals surface area contributed by atoms with Gasteiger partial charge in [-0.3, -0.25) is 0 Å². The van der Waals surface area contributed by atoms with E-state index in [0.717, 1.165) is 5.56 Å². The van der Waals surface area contributed by atoms with Crippen molar-refractivity contribution in [2.24, 2.45) is 5.92 Å². The Bertz CT molecular complexity index is 1470. The zero-order valence-corrected chi connectivity index (χ0v) is 22.9. The van der Waals surface area contributed by atoms with Crippen LogP contribution < -0.4 is 5.32 Å². The number of nitrogens with zero attached hydrogens (tertiary/aromatic N) is 3. The van der Waals surface area contributed by atoms with E-state index in [4.69, 9.17) is 9.15 Å². The Morgan fingerprint density at radius 3 is 2.64 bits per heavy atom. The van der Waals surface area contributed by atoms with E-state index in [0.29, 0.717) is 22.7 Å². The maximum Gasteiger partial charge on any atom is 0.407 e. The molecule has 2 aromatic heterocycles. The number of benzene rings is 2. The molecule has 4 aromatic rings. The van der Waals surface area contributed by atoms with Gasteiger partial charge in [0.15, 0.2) is 11.5 Å². The molecule has 2 heterocycles. The van der Waals surface area contributed by atoms with Crippen LogP contribution in [0.1, 0.15) is 31.0 Å². The van der Waals surface area contributed by atoms with Gasteiger partial charge in [0, 0.05) is 26.1 Å². The molecule has 0 aliphatic carbocycles. The van der Waals surface area contributed by atoms with Crippen molar-refractivity contribution < 1.29 is 27.5 Å². The smallest absolute Gasteiger partial charge is 0.407 e. The van der Waals surface area contributed by atoms with Gasteiger partial charge in [0.25, 0.3) is 0 Å². The van der Waals surface area contributed by atoms with E-state index < -0.39 is 28.3 Å². The third-order valence-corrected chi connectivity index (χ3v) is 7.87. The molecule has 0 saturated heterocycles. The van der Waals surface area contributed by atoms with Crippen LogP contribution in [0.25, 0.3) is 11.1 Å². The average molecular weight is 556 g/mol. The van der Waals surface area contributed by atoms with E-state index in [1.54, 1.807) is 13.0 Å². The second kappa shape index (κ2) is 12.4. The van der Waals surface area contributed by atoms with Gasteiger partial charge in [-0.15, -0.1) is 0 Å². The van der Waals surface area contributed by atoms with Gasteiger partial charge < -0.3 is 24.6 Å². The predicted molar refractivity (Wildman–Crippen MR) is 144 cm³/mol. The molecule has 1 amide bonds. The number of hydrogen-bond donors (Lipinski definition) is 3. The molecule has 0 radical (unpaired) electrons. The minimum Gasteiger partial charge on any atom is -0.443 e. The first-order chi connectivity index (χ1) is 18.6. The van der Waals surface area contributed by atoms with E-state index in [2.05, 4.69) is 20.3 Å². The molecule has 3 N–H and O–H groups in total. The number of imidazole rings is 1. The van der Waals surface area contributed by atoms with Crippen LogP contribution in [0.15, 0.2) is 70.4 Å². The summed E-state index contributed by atoms with van der Waals surface area (Å²) < 4.78 is 39.5. The molecule has 0 aliphatic heterocycles. The summed E-state index contributed by atoms with van der Waals surface area (Å²) in [6.45, 7) is 5.36. The van der Waals surface area contributed by atoms with Crippen LogP contribution in [-0.2, 0) is 27.8 Å². The van der Waals surface area contributed by atoms with Gasteiger partial charge in [-0.25, -0.2) is 23.2 Å². The fraction of sp³-hybridized carbons (Fsp3) is 0.370. The predicted octanol–water partition coefficient (Wildman–Crippen LogP) is 3.40. The van der Waals surface area contributed by atoms with Crippen molar-refractivity contribution in [1.29, 1.82) is 0 Å². The number of aliphatic hydroxyl groups is 1. The molecule has 0 bridgehead atoms. The number of hydrogen-bond acceptors (Lipinski definition) is 8. The molecule has 0 spiro atoms. The Hall–Kier alpha value is -3.74. The molecule has 0 unspecified atom stereocenters. The normalized spacial score (nSPS) is 13.6. The molecule has 11 nitrogen and oxygen atoms in total. The summed E-state index contributed by atoms with van der Waals surface area (Å²) in [5.74, 6) is 0.409. The second-order valence-corrected chi connectivity index (χ2v) is 11.7.